The Morgan fingerprint density at radius 1 is 1.26 bits per heavy atom. The van der Waals surface area contributed by atoms with Gasteiger partial charge in [0, 0.05) is 31.8 Å². The standard InChI is InChI=1S/C17H18N4O5S/c22-14(23)8-11(16(24)25)12-9-21(10-3-5-20(12)6-4-10)17-19-18-15(26-17)13-2-1-7-27-13/h1-2,7-8,10,12H,3-6,9H2,(H,22,23)(H,24,25)/b11-8+. The number of carboxylic acids is 2. The molecule has 0 aliphatic carbocycles. The van der Waals surface area contributed by atoms with Gasteiger partial charge in [-0.1, -0.05) is 11.2 Å². The van der Waals surface area contributed by atoms with Crippen molar-refractivity contribution in [2.24, 2.45) is 0 Å². The molecule has 10 heteroatoms. The second kappa shape index (κ2) is 7.12. The largest absolute Gasteiger partial charge is 0.478 e. The van der Waals surface area contributed by atoms with Crippen molar-refractivity contribution in [1.29, 1.82) is 0 Å². The van der Waals surface area contributed by atoms with Crippen LogP contribution in [0.2, 0.25) is 0 Å². The van der Waals surface area contributed by atoms with Crippen molar-refractivity contribution < 1.29 is 24.2 Å². The maximum Gasteiger partial charge on any atom is 0.333 e. The fraction of sp³-hybridized carbons (Fsp3) is 0.412. The molecule has 2 bridgehead atoms. The smallest absolute Gasteiger partial charge is 0.333 e. The third-order valence-corrected chi connectivity index (χ3v) is 5.89. The molecule has 3 aliphatic heterocycles. The Bertz CT molecular complexity index is 870. The summed E-state index contributed by atoms with van der Waals surface area (Å²) in [7, 11) is 0. The van der Waals surface area contributed by atoms with E-state index in [9.17, 15) is 14.7 Å². The van der Waals surface area contributed by atoms with Crippen LogP contribution < -0.4 is 4.90 Å². The lowest BCUT2D eigenvalue weighted by Gasteiger charge is -2.31. The van der Waals surface area contributed by atoms with Crippen LogP contribution in [-0.4, -0.2) is 69.0 Å². The Morgan fingerprint density at radius 2 is 2.04 bits per heavy atom. The van der Waals surface area contributed by atoms with Crippen LogP contribution in [0.3, 0.4) is 0 Å². The average molecular weight is 390 g/mol. The van der Waals surface area contributed by atoms with Crippen LogP contribution in [0, 0.1) is 0 Å². The summed E-state index contributed by atoms with van der Waals surface area (Å²) in [6.07, 6.45) is 2.44. The number of rotatable bonds is 5. The Morgan fingerprint density at radius 3 is 2.67 bits per heavy atom. The minimum atomic E-state index is -1.27. The van der Waals surface area contributed by atoms with Crippen molar-refractivity contribution in [3.05, 3.63) is 29.2 Å². The molecule has 2 aromatic rings. The molecule has 5 heterocycles. The molecule has 0 radical (unpaired) electrons. The van der Waals surface area contributed by atoms with Gasteiger partial charge in [-0.15, -0.1) is 16.4 Å². The van der Waals surface area contributed by atoms with Gasteiger partial charge in [-0.05, 0) is 24.3 Å². The first-order chi connectivity index (χ1) is 13.0. The molecule has 9 nitrogen and oxygen atoms in total. The Hall–Kier alpha value is -2.72. The van der Waals surface area contributed by atoms with Crippen LogP contribution in [0.25, 0.3) is 10.8 Å². The zero-order valence-electron chi connectivity index (χ0n) is 14.3. The maximum atomic E-state index is 11.7. The summed E-state index contributed by atoms with van der Waals surface area (Å²) in [4.78, 5) is 27.6. The summed E-state index contributed by atoms with van der Waals surface area (Å²) in [5.41, 5.74) is -0.131. The van der Waals surface area contributed by atoms with Gasteiger partial charge < -0.3 is 19.5 Å². The topological polar surface area (TPSA) is 120 Å². The Kier molecular flexibility index (Phi) is 4.66. The zero-order valence-corrected chi connectivity index (χ0v) is 15.1. The molecule has 3 fully saturated rings. The van der Waals surface area contributed by atoms with Crippen LogP contribution in [0.1, 0.15) is 12.8 Å². The molecule has 0 amide bonds. The SMILES string of the molecule is O=C(O)/C=C(/C(=O)O)C1CN(c2nnc(-c3cccs3)o2)C2CCN1CC2. The summed E-state index contributed by atoms with van der Waals surface area (Å²) in [5.74, 6) is -2.07. The van der Waals surface area contributed by atoms with Gasteiger partial charge >= 0.3 is 18.0 Å². The summed E-state index contributed by atoms with van der Waals surface area (Å²) in [5, 5.41) is 28.8. The highest BCUT2D eigenvalue weighted by Gasteiger charge is 2.40. The monoisotopic (exact) mass is 390 g/mol. The molecule has 1 unspecified atom stereocenters. The lowest BCUT2D eigenvalue weighted by Crippen LogP contribution is -2.43. The predicted molar refractivity (Wildman–Crippen MR) is 96.7 cm³/mol. The second-order valence-electron chi connectivity index (χ2n) is 6.55. The van der Waals surface area contributed by atoms with Crippen molar-refractivity contribution >= 4 is 29.3 Å². The number of anilines is 1. The number of piperidine rings is 1. The normalized spacial score (nSPS) is 25.4. The first-order valence-electron chi connectivity index (χ1n) is 8.59. The molecule has 5 rings (SSSR count). The number of nitrogens with zero attached hydrogens (tertiary/aromatic N) is 4. The van der Waals surface area contributed by atoms with Crippen LogP contribution >= 0.6 is 11.3 Å². The van der Waals surface area contributed by atoms with E-state index in [4.69, 9.17) is 9.52 Å². The predicted octanol–water partition coefficient (Wildman–Crippen LogP) is 1.55. The number of thiophene rings is 1. The first-order valence-corrected chi connectivity index (χ1v) is 9.47. The van der Waals surface area contributed by atoms with Crippen molar-refractivity contribution in [2.45, 2.75) is 24.9 Å². The number of hydrogen-bond donors (Lipinski definition) is 2. The molecule has 27 heavy (non-hydrogen) atoms. The fourth-order valence-corrected chi connectivity index (χ4v) is 4.40. The van der Waals surface area contributed by atoms with Crippen molar-refractivity contribution in [1.82, 2.24) is 15.1 Å². The molecule has 3 saturated heterocycles. The van der Waals surface area contributed by atoms with Crippen LogP contribution in [0.15, 0.2) is 33.6 Å². The van der Waals surface area contributed by atoms with Gasteiger partial charge in [0.05, 0.1) is 16.5 Å². The van der Waals surface area contributed by atoms with Crippen molar-refractivity contribution in [3.8, 4) is 10.8 Å². The third kappa shape index (κ3) is 3.45. The number of aliphatic carboxylic acids is 2. The molecule has 0 spiro atoms. The molecule has 0 aromatic carbocycles. The minimum Gasteiger partial charge on any atom is -0.478 e. The summed E-state index contributed by atoms with van der Waals surface area (Å²) in [6, 6.07) is 3.74. The van der Waals surface area contributed by atoms with E-state index in [1.165, 1.54) is 11.3 Å². The molecule has 2 aromatic heterocycles. The third-order valence-electron chi connectivity index (χ3n) is 5.03. The average Bonchev–Trinajstić information content (AvgIpc) is 3.27. The summed E-state index contributed by atoms with van der Waals surface area (Å²) >= 11 is 1.50. The highest BCUT2D eigenvalue weighted by atomic mass is 32.1. The Labute approximate surface area is 158 Å². The van der Waals surface area contributed by atoms with E-state index < -0.39 is 18.0 Å². The van der Waals surface area contributed by atoms with Crippen LogP contribution in [0.5, 0.6) is 0 Å². The summed E-state index contributed by atoms with van der Waals surface area (Å²) in [6.45, 7) is 1.69. The van der Waals surface area contributed by atoms with Crippen molar-refractivity contribution in [3.63, 3.8) is 0 Å². The van der Waals surface area contributed by atoms with Gasteiger partial charge in [0.2, 0.25) is 0 Å². The number of fused-ring (bicyclic) bond motifs is 4. The second-order valence-corrected chi connectivity index (χ2v) is 7.49. The maximum absolute atomic E-state index is 11.7. The van der Waals surface area contributed by atoms with Gasteiger partial charge in [-0.2, -0.15) is 0 Å². The Balaban J connectivity index is 1.67. The molecular formula is C17H18N4O5S. The number of hydrogen-bond acceptors (Lipinski definition) is 8. The van der Waals surface area contributed by atoms with E-state index >= 15 is 0 Å². The lowest BCUT2D eigenvalue weighted by molar-refractivity contribution is -0.135. The fourth-order valence-electron chi connectivity index (χ4n) is 3.75. The minimum absolute atomic E-state index is 0.131. The first kappa shape index (κ1) is 17.7. The van der Waals surface area contributed by atoms with Crippen LogP contribution in [-0.2, 0) is 9.59 Å². The van der Waals surface area contributed by atoms with E-state index in [0.717, 1.165) is 23.8 Å². The molecular weight excluding hydrogens is 372 g/mol. The highest BCUT2D eigenvalue weighted by molar-refractivity contribution is 7.13. The van der Waals surface area contributed by atoms with Gasteiger partial charge in [0.25, 0.3) is 5.89 Å². The molecule has 1 atom stereocenters. The highest BCUT2D eigenvalue weighted by Crippen LogP contribution is 2.33. The molecule has 0 saturated carbocycles. The van der Waals surface area contributed by atoms with Crippen LogP contribution in [0.4, 0.5) is 6.01 Å². The van der Waals surface area contributed by atoms with Gasteiger partial charge in [0.15, 0.2) is 0 Å². The number of carbonyl (C=O) groups is 2. The van der Waals surface area contributed by atoms with Gasteiger partial charge in [0.1, 0.15) is 0 Å². The molecule has 142 valence electrons. The molecule has 3 aliphatic rings. The van der Waals surface area contributed by atoms with Crippen molar-refractivity contribution in [2.75, 3.05) is 24.5 Å². The molecule has 2 N–H and O–H groups in total. The van der Waals surface area contributed by atoms with Gasteiger partial charge in [-0.25, -0.2) is 9.59 Å². The zero-order chi connectivity index (χ0) is 19.0. The lowest BCUT2D eigenvalue weighted by atomic mass is 10.0. The summed E-state index contributed by atoms with van der Waals surface area (Å²) < 4.78 is 5.86. The van der Waals surface area contributed by atoms with E-state index in [0.29, 0.717) is 31.5 Å². The van der Waals surface area contributed by atoms with E-state index in [1.807, 2.05) is 27.3 Å². The number of aromatic nitrogens is 2. The number of carboxylic acid groups (broad SMARTS) is 2. The van der Waals surface area contributed by atoms with E-state index in [2.05, 4.69) is 10.2 Å². The quantitative estimate of drug-likeness (QED) is 0.733. The van der Waals surface area contributed by atoms with E-state index in [1.54, 1.807) is 0 Å². The van der Waals surface area contributed by atoms with E-state index in [-0.39, 0.29) is 11.6 Å². The van der Waals surface area contributed by atoms with Gasteiger partial charge in [-0.3, -0.25) is 4.90 Å².